The van der Waals surface area contributed by atoms with E-state index in [9.17, 15) is 4.79 Å². The van der Waals surface area contributed by atoms with Gasteiger partial charge in [0.05, 0.1) is 25.8 Å². The SMILES string of the molecule is COC(=O)c1c(CBr)c(Br)c(OC)c(Br)c1OC. The third kappa shape index (κ3) is 2.67. The van der Waals surface area contributed by atoms with Gasteiger partial charge in [-0.15, -0.1) is 0 Å². The van der Waals surface area contributed by atoms with Crippen molar-refractivity contribution in [1.82, 2.24) is 0 Å². The molecule has 0 spiro atoms. The van der Waals surface area contributed by atoms with Crippen LogP contribution in [0.3, 0.4) is 0 Å². The summed E-state index contributed by atoms with van der Waals surface area (Å²) in [4.78, 5) is 11.9. The molecule has 100 valence electrons. The highest BCUT2D eigenvalue weighted by molar-refractivity contribution is 9.11. The number of carbonyl (C=O) groups excluding carboxylic acids is 1. The molecule has 0 aliphatic heterocycles. The van der Waals surface area contributed by atoms with Gasteiger partial charge in [0.15, 0.2) is 11.5 Å². The van der Waals surface area contributed by atoms with Crippen molar-refractivity contribution in [3.05, 3.63) is 20.1 Å². The van der Waals surface area contributed by atoms with Crippen molar-refractivity contribution in [2.24, 2.45) is 0 Å². The second kappa shape index (κ2) is 6.77. The van der Waals surface area contributed by atoms with Crippen LogP contribution in [0.2, 0.25) is 0 Å². The summed E-state index contributed by atoms with van der Waals surface area (Å²) >= 11 is 10.1. The Kier molecular flexibility index (Phi) is 5.94. The third-order valence-electron chi connectivity index (χ3n) is 2.32. The van der Waals surface area contributed by atoms with E-state index in [-0.39, 0.29) is 0 Å². The van der Waals surface area contributed by atoms with E-state index in [0.717, 1.165) is 0 Å². The Morgan fingerprint density at radius 1 is 1.06 bits per heavy atom. The minimum atomic E-state index is -0.467. The Morgan fingerprint density at radius 2 is 1.61 bits per heavy atom. The highest BCUT2D eigenvalue weighted by Crippen LogP contribution is 2.46. The van der Waals surface area contributed by atoms with Gasteiger partial charge in [-0.05, 0) is 37.4 Å². The van der Waals surface area contributed by atoms with Crippen LogP contribution in [0.5, 0.6) is 11.5 Å². The van der Waals surface area contributed by atoms with E-state index in [4.69, 9.17) is 14.2 Å². The number of hydrogen-bond acceptors (Lipinski definition) is 4. The van der Waals surface area contributed by atoms with Crippen molar-refractivity contribution < 1.29 is 19.0 Å². The Balaban J connectivity index is 3.72. The lowest BCUT2D eigenvalue weighted by atomic mass is 10.1. The molecule has 0 bridgehead atoms. The number of benzene rings is 1. The summed E-state index contributed by atoms with van der Waals surface area (Å²) in [5, 5.41) is 0.456. The molecule has 0 fully saturated rings. The van der Waals surface area contributed by atoms with Gasteiger partial charge in [0, 0.05) is 5.33 Å². The number of methoxy groups -OCH3 is 3. The van der Waals surface area contributed by atoms with Gasteiger partial charge in [0.2, 0.25) is 0 Å². The van der Waals surface area contributed by atoms with Crippen molar-refractivity contribution >= 4 is 53.8 Å². The van der Waals surface area contributed by atoms with Gasteiger partial charge in [-0.1, -0.05) is 15.9 Å². The van der Waals surface area contributed by atoms with E-state index in [1.807, 2.05) is 0 Å². The quantitative estimate of drug-likeness (QED) is 0.519. The molecule has 0 saturated carbocycles. The fourth-order valence-corrected chi connectivity index (χ4v) is 4.13. The molecule has 0 heterocycles. The van der Waals surface area contributed by atoms with Crippen LogP contribution in [0.15, 0.2) is 8.95 Å². The molecule has 0 unspecified atom stereocenters. The zero-order valence-electron chi connectivity index (χ0n) is 9.97. The Morgan fingerprint density at radius 3 is 2.00 bits per heavy atom. The maximum absolute atomic E-state index is 11.9. The van der Waals surface area contributed by atoms with Gasteiger partial charge in [0.1, 0.15) is 10.0 Å². The average Bonchev–Trinajstić information content (AvgIpc) is 2.37. The molecule has 0 aliphatic carbocycles. The number of ether oxygens (including phenoxy) is 3. The van der Waals surface area contributed by atoms with Gasteiger partial charge in [-0.3, -0.25) is 0 Å². The Labute approximate surface area is 130 Å². The second-order valence-electron chi connectivity index (χ2n) is 3.17. The number of carbonyl (C=O) groups is 1. The predicted molar refractivity (Wildman–Crippen MR) is 78.9 cm³/mol. The first kappa shape index (κ1) is 15.8. The lowest BCUT2D eigenvalue weighted by Crippen LogP contribution is -2.10. The maximum Gasteiger partial charge on any atom is 0.342 e. The van der Waals surface area contributed by atoms with Crippen LogP contribution < -0.4 is 9.47 Å². The first-order valence-corrected chi connectivity index (χ1v) is 7.50. The van der Waals surface area contributed by atoms with Gasteiger partial charge >= 0.3 is 5.97 Å². The van der Waals surface area contributed by atoms with E-state index < -0.39 is 5.97 Å². The van der Waals surface area contributed by atoms with Crippen molar-refractivity contribution in [2.45, 2.75) is 5.33 Å². The van der Waals surface area contributed by atoms with Gasteiger partial charge in [0.25, 0.3) is 0 Å². The summed E-state index contributed by atoms with van der Waals surface area (Å²) in [7, 11) is 4.35. The molecule has 4 nitrogen and oxygen atoms in total. The Hall–Kier alpha value is -0.270. The number of alkyl halides is 1. The molecule has 0 aromatic heterocycles. The lowest BCUT2D eigenvalue weighted by molar-refractivity contribution is 0.0596. The molecule has 7 heteroatoms. The standard InChI is InChI=1S/C11H11Br3O4/c1-16-9-6(11(15)18-3)5(4-12)7(13)10(17-2)8(9)14/h4H2,1-3H3. The topological polar surface area (TPSA) is 44.8 Å². The molecule has 0 N–H and O–H groups in total. The highest BCUT2D eigenvalue weighted by Gasteiger charge is 2.27. The summed E-state index contributed by atoms with van der Waals surface area (Å²) in [6.45, 7) is 0. The summed E-state index contributed by atoms with van der Waals surface area (Å²) in [5.41, 5.74) is 1.06. The maximum atomic E-state index is 11.9. The minimum absolute atomic E-state index is 0.358. The summed E-state index contributed by atoms with van der Waals surface area (Å²) < 4.78 is 16.6. The predicted octanol–water partition coefficient (Wildman–Crippen LogP) is 3.91. The first-order chi connectivity index (χ1) is 8.53. The number of rotatable bonds is 4. The molecule has 0 amide bonds. The van der Waals surface area contributed by atoms with Crippen molar-refractivity contribution in [2.75, 3.05) is 21.3 Å². The normalized spacial score (nSPS) is 10.1. The Bertz CT molecular complexity index is 443. The van der Waals surface area contributed by atoms with E-state index >= 15 is 0 Å². The molecule has 1 rings (SSSR count). The summed E-state index contributed by atoms with van der Waals surface area (Å²) in [5.74, 6) is 0.482. The van der Waals surface area contributed by atoms with Crippen molar-refractivity contribution in [1.29, 1.82) is 0 Å². The zero-order valence-corrected chi connectivity index (χ0v) is 14.7. The fraction of sp³-hybridized carbons (Fsp3) is 0.364. The summed E-state index contributed by atoms with van der Waals surface area (Å²) in [6, 6.07) is 0. The smallest absolute Gasteiger partial charge is 0.342 e. The van der Waals surface area contributed by atoms with Crippen LogP contribution in [-0.2, 0) is 10.1 Å². The number of halogens is 3. The van der Waals surface area contributed by atoms with E-state index in [0.29, 0.717) is 36.9 Å². The molecule has 0 aliphatic rings. The molecular weight excluding hydrogens is 436 g/mol. The van der Waals surface area contributed by atoms with Gasteiger partial charge in [-0.25, -0.2) is 4.79 Å². The van der Waals surface area contributed by atoms with Crippen LogP contribution in [0.25, 0.3) is 0 Å². The second-order valence-corrected chi connectivity index (χ2v) is 5.32. The van der Waals surface area contributed by atoms with Crippen molar-refractivity contribution in [3.63, 3.8) is 0 Å². The molecule has 0 saturated heterocycles. The first-order valence-electron chi connectivity index (χ1n) is 4.79. The third-order valence-corrected chi connectivity index (χ3v) is 4.44. The average molecular weight is 447 g/mol. The van der Waals surface area contributed by atoms with Gasteiger partial charge in [-0.2, -0.15) is 0 Å². The molecule has 1 aromatic rings. The minimum Gasteiger partial charge on any atom is -0.495 e. The highest BCUT2D eigenvalue weighted by atomic mass is 79.9. The monoisotopic (exact) mass is 444 g/mol. The molecular formula is C11H11Br3O4. The molecule has 1 aromatic carbocycles. The summed E-state index contributed by atoms with van der Waals surface area (Å²) in [6.07, 6.45) is 0. The van der Waals surface area contributed by atoms with E-state index in [2.05, 4.69) is 47.8 Å². The fourth-order valence-electron chi connectivity index (χ4n) is 1.51. The molecule has 18 heavy (non-hydrogen) atoms. The van der Waals surface area contributed by atoms with Crippen LogP contribution in [0.1, 0.15) is 15.9 Å². The van der Waals surface area contributed by atoms with Crippen LogP contribution in [0.4, 0.5) is 0 Å². The number of esters is 1. The van der Waals surface area contributed by atoms with E-state index in [1.54, 1.807) is 7.11 Å². The number of hydrogen-bond donors (Lipinski definition) is 0. The van der Waals surface area contributed by atoms with Crippen LogP contribution in [-0.4, -0.2) is 27.3 Å². The van der Waals surface area contributed by atoms with E-state index in [1.165, 1.54) is 14.2 Å². The lowest BCUT2D eigenvalue weighted by Gasteiger charge is -2.18. The molecule has 0 radical (unpaired) electrons. The van der Waals surface area contributed by atoms with Crippen molar-refractivity contribution in [3.8, 4) is 11.5 Å². The largest absolute Gasteiger partial charge is 0.495 e. The van der Waals surface area contributed by atoms with Crippen LogP contribution in [0, 0.1) is 0 Å². The molecule has 0 atom stereocenters. The van der Waals surface area contributed by atoms with Crippen LogP contribution >= 0.6 is 47.8 Å². The zero-order chi connectivity index (χ0) is 13.9. The van der Waals surface area contributed by atoms with Gasteiger partial charge < -0.3 is 14.2 Å².